The second-order valence-electron chi connectivity index (χ2n) is 4.52. The number of aromatic nitrogens is 1. The van der Waals surface area contributed by atoms with Crippen molar-refractivity contribution in [1.29, 1.82) is 0 Å². The van der Waals surface area contributed by atoms with E-state index in [2.05, 4.69) is 52.7 Å². The maximum atomic E-state index is 4.22. The van der Waals surface area contributed by atoms with Crippen LogP contribution in [0.5, 0.6) is 0 Å². The third kappa shape index (κ3) is 5.17. The van der Waals surface area contributed by atoms with Crippen molar-refractivity contribution < 1.29 is 0 Å². The van der Waals surface area contributed by atoms with Crippen LogP contribution < -0.4 is 0 Å². The van der Waals surface area contributed by atoms with Crippen LogP contribution in [0.15, 0.2) is 22.9 Å². The van der Waals surface area contributed by atoms with Crippen LogP contribution in [-0.4, -0.2) is 23.0 Å². The van der Waals surface area contributed by atoms with Gasteiger partial charge < -0.3 is 0 Å². The van der Waals surface area contributed by atoms with Crippen molar-refractivity contribution in [2.75, 3.05) is 13.1 Å². The summed E-state index contributed by atoms with van der Waals surface area (Å²) in [5, 5.41) is 0. The lowest BCUT2D eigenvalue weighted by Crippen LogP contribution is -2.28. The van der Waals surface area contributed by atoms with E-state index in [0.717, 1.165) is 23.5 Å². The standard InChI is InChI=1S/C14H23BrN2/c1-4-12(5-2)10-17(6-3)11-13-7-14(15)9-16-8-13/h7-9,12H,4-6,10-11H2,1-3H3. The number of halogens is 1. The molecule has 0 aromatic carbocycles. The SMILES string of the molecule is CCC(CC)CN(CC)Cc1cncc(Br)c1. The molecule has 0 unspecified atom stereocenters. The van der Waals surface area contributed by atoms with Crippen LogP contribution in [0, 0.1) is 5.92 Å². The highest BCUT2D eigenvalue weighted by Gasteiger charge is 2.10. The summed E-state index contributed by atoms with van der Waals surface area (Å²) in [7, 11) is 0. The summed E-state index contributed by atoms with van der Waals surface area (Å²) in [4.78, 5) is 6.72. The summed E-state index contributed by atoms with van der Waals surface area (Å²) in [6, 6.07) is 2.16. The Kier molecular flexibility index (Phi) is 6.75. The molecule has 3 heteroatoms. The molecule has 1 rings (SSSR count). The first-order valence-corrected chi connectivity index (χ1v) is 7.30. The zero-order valence-electron chi connectivity index (χ0n) is 11.1. The molecule has 17 heavy (non-hydrogen) atoms. The van der Waals surface area contributed by atoms with Crippen molar-refractivity contribution in [3.05, 3.63) is 28.5 Å². The van der Waals surface area contributed by atoms with Crippen molar-refractivity contribution in [3.63, 3.8) is 0 Å². The van der Waals surface area contributed by atoms with Crippen LogP contribution in [0.25, 0.3) is 0 Å². The summed E-state index contributed by atoms with van der Waals surface area (Å²) in [5.41, 5.74) is 1.28. The molecule has 0 aliphatic heterocycles. The van der Waals surface area contributed by atoms with Gasteiger partial charge in [0.25, 0.3) is 0 Å². The Bertz CT molecular complexity index is 324. The molecule has 0 saturated heterocycles. The van der Waals surface area contributed by atoms with E-state index in [1.54, 1.807) is 0 Å². The average Bonchev–Trinajstić information content (AvgIpc) is 2.34. The van der Waals surface area contributed by atoms with Crippen LogP contribution in [0.3, 0.4) is 0 Å². The summed E-state index contributed by atoms with van der Waals surface area (Å²) in [5.74, 6) is 0.815. The van der Waals surface area contributed by atoms with E-state index in [0.29, 0.717) is 0 Å². The first-order chi connectivity index (χ1) is 8.19. The summed E-state index contributed by atoms with van der Waals surface area (Å²) >= 11 is 3.47. The van der Waals surface area contributed by atoms with Gasteiger partial charge in [0.1, 0.15) is 0 Å². The molecular formula is C14H23BrN2. The summed E-state index contributed by atoms with van der Waals surface area (Å²) < 4.78 is 1.06. The number of hydrogen-bond acceptors (Lipinski definition) is 2. The largest absolute Gasteiger partial charge is 0.299 e. The van der Waals surface area contributed by atoms with Gasteiger partial charge in [0, 0.05) is 30.0 Å². The van der Waals surface area contributed by atoms with E-state index < -0.39 is 0 Å². The number of pyridine rings is 1. The molecule has 0 N–H and O–H groups in total. The minimum absolute atomic E-state index is 0.815. The van der Waals surface area contributed by atoms with Gasteiger partial charge in [-0.25, -0.2) is 0 Å². The fraction of sp³-hybridized carbons (Fsp3) is 0.643. The third-order valence-corrected chi connectivity index (χ3v) is 3.72. The molecule has 0 amide bonds. The highest BCUT2D eigenvalue weighted by molar-refractivity contribution is 9.10. The number of hydrogen-bond donors (Lipinski definition) is 0. The van der Waals surface area contributed by atoms with E-state index in [1.165, 1.54) is 24.9 Å². The summed E-state index contributed by atoms with van der Waals surface area (Å²) in [6.45, 7) is 10.1. The summed E-state index contributed by atoms with van der Waals surface area (Å²) in [6.07, 6.45) is 6.33. The quantitative estimate of drug-likeness (QED) is 0.753. The molecule has 96 valence electrons. The first-order valence-electron chi connectivity index (χ1n) is 6.51. The zero-order chi connectivity index (χ0) is 12.7. The third-order valence-electron chi connectivity index (χ3n) is 3.29. The molecule has 0 aliphatic carbocycles. The predicted molar refractivity (Wildman–Crippen MR) is 77.0 cm³/mol. The van der Waals surface area contributed by atoms with Crippen molar-refractivity contribution in [2.45, 2.75) is 40.2 Å². The molecule has 1 aromatic rings. The second-order valence-corrected chi connectivity index (χ2v) is 5.44. The van der Waals surface area contributed by atoms with E-state index in [9.17, 15) is 0 Å². The lowest BCUT2D eigenvalue weighted by molar-refractivity contribution is 0.226. The molecule has 0 saturated carbocycles. The smallest absolute Gasteiger partial charge is 0.0410 e. The predicted octanol–water partition coefficient (Wildman–Crippen LogP) is 4.10. The molecule has 1 heterocycles. The van der Waals surface area contributed by atoms with Gasteiger partial charge >= 0.3 is 0 Å². The molecular weight excluding hydrogens is 276 g/mol. The zero-order valence-corrected chi connectivity index (χ0v) is 12.7. The Hall–Kier alpha value is -0.410. The van der Waals surface area contributed by atoms with Crippen LogP contribution >= 0.6 is 15.9 Å². The van der Waals surface area contributed by atoms with Gasteiger partial charge in [-0.15, -0.1) is 0 Å². The fourth-order valence-corrected chi connectivity index (χ4v) is 2.43. The first kappa shape index (κ1) is 14.7. The van der Waals surface area contributed by atoms with Crippen LogP contribution in [0.4, 0.5) is 0 Å². The molecule has 0 atom stereocenters. The highest BCUT2D eigenvalue weighted by Crippen LogP contribution is 2.14. The Morgan fingerprint density at radius 2 is 1.94 bits per heavy atom. The van der Waals surface area contributed by atoms with Crippen LogP contribution in [-0.2, 0) is 6.54 Å². The Morgan fingerprint density at radius 1 is 1.24 bits per heavy atom. The van der Waals surface area contributed by atoms with Gasteiger partial charge in [0.05, 0.1) is 0 Å². The van der Waals surface area contributed by atoms with Gasteiger partial charge in [-0.2, -0.15) is 0 Å². The van der Waals surface area contributed by atoms with E-state index >= 15 is 0 Å². The molecule has 1 aromatic heterocycles. The Balaban J connectivity index is 2.57. The monoisotopic (exact) mass is 298 g/mol. The van der Waals surface area contributed by atoms with Crippen molar-refractivity contribution in [1.82, 2.24) is 9.88 Å². The molecule has 0 fully saturated rings. The Morgan fingerprint density at radius 3 is 2.47 bits per heavy atom. The molecule has 0 bridgehead atoms. The lowest BCUT2D eigenvalue weighted by Gasteiger charge is -2.25. The maximum Gasteiger partial charge on any atom is 0.0410 e. The second kappa shape index (κ2) is 7.83. The average molecular weight is 299 g/mol. The van der Waals surface area contributed by atoms with E-state index in [-0.39, 0.29) is 0 Å². The minimum Gasteiger partial charge on any atom is -0.299 e. The minimum atomic E-state index is 0.815. The maximum absolute atomic E-state index is 4.22. The molecule has 0 spiro atoms. The number of nitrogens with zero attached hydrogens (tertiary/aromatic N) is 2. The van der Waals surface area contributed by atoms with Crippen molar-refractivity contribution >= 4 is 15.9 Å². The van der Waals surface area contributed by atoms with Gasteiger partial charge in [0.15, 0.2) is 0 Å². The van der Waals surface area contributed by atoms with Gasteiger partial charge in [0.2, 0.25) is 0 Å². The van der Waals surface area contributed by atoms with Gasteiger partial charge in [-0.05, 0) is 40.0 Å². The topological polar surface area (TPSA) is 16.1 Å². The Labute approximate surface area is 114 Å². The van der Waals surface area contributed by atoms with Crippen LogP contribution in [0.2, 0.25) is 0 Å². The fourth-order valence-electron chi connectivity index (χ4n) is 2.02. The lowest BCUT2D eigenvalue weighted by atomic mass is 10.0. The molecule has 2 nitrogen and oxygen atoms in total. The molecule has 0 radical (unpaired) electrons. The van der Waals surface area contributed by atoms with Crippen LogP contribution in [0.1, 0.15) is 39.2 Å². The van der Waals surface area contributed by atoms with Crippen molar-refractivity contribution in [2.24, 2.45) is 5.92 Å². The van der Waals surface area contributed by atoms with E-state index in [4.69, 9.17) is 0 Å². The van der Waals surface area contributed by atoms with Crippen molar-refractivity contribution in [3.8, 4) is 0 Å². The highest BCUT2D eigenvalue weighted by atomic mass is 79.9. The van der Waals surface area contributed by atoms with E-state index in [1.807, 2.05) is 12.4 Å². The number of rotatable bonds is 7. The molecule has 0 aliphatic rings. The normalized spacial score (nSPS) is 11.4. The van der Waals surface area contributed by atoms with Gasteiger partial charge in [-0.3, -0.25) is 9.88 Å². The van der Waals surface area contributed by atoms with Gasteiger partial charge in [-0.1, -0.05) is 33.6 Å².